The van der Waals surface area contributed by atoms with Gasteiger partial charge in [-0.05, 0) is 0 Å². The highest BCUT2D eigenvalue weighted by Gasteiger charge is 2.48. The lowest BCUT2D eigenvalue weighted by atomic mass is 9.97. The smallest absolute Gasteiger partial charge is 0.303 e. The van der Waals surface area contributed by atoms with Gasteiger partial charge in [0.15, 0.2) is 18.5 Å². The zero-order chi connectivity index (χ0) is 16.2. The van der Waals surface area contributed by atoms with E-state index in [0.29, 0.717) is 0 Å². The van der Waals surface area contributed by atoms with Crippen LogP contribution in [-0.4, -0.2) is 60.3 Å². The lowest BCUT2D eigenvalue weighted by Crippen LogP contribution is -2.64. The summed E-state index contributed by atoms with van der Waals surface area (Å²) in [7, 11) is 0. The molecule has 5 atom stereocenters. The fourth-order valence-corrected chi connectivity index (χ4v) is 1.95. The zero-order valence-corrected chi connectivity index (χ0v) is 12.0. The molecule has 0 aliphatic carbocycles. The van der Waals surface area contributed by atoms with Gasteiger partial charge in [0, 0.05) is 20.8 Å². The highest BCUT2D eigenvalue weighted by Crippen LogP contribution is 2.24. The summed E-state index contributed by atoms with van der Waals surface area (Å²) < 4.78 is 20.0. The monoisotopic (exact) mass is 305 g/mol. The van der Waals surface area contributed by atoms with Crippen molar-refractivity contribution in [3.63, 3.8) is 0 Å². The molecular formula is C12H19NO8. The fourth-order valence-electron chi connectivity index (χ4n) is 1.95. The minimum absolute atomic E-state index is 0.283. The van der Waals surface area contributed by atoms with Crippen LogP contribution in [0.15, 0.2) is 0 Å². The van der Waals surface area contributed by atoms with Crippen LogP contribution in [0.5, 0.6) is 0 Å². The maximum atomic E-state index is 11.2. The Kier molecular flexibility index (Phi) is 6.06. The predicted octanol–water partition coefficient (Wildman–Crippen LogP) is -1.54. The first-order valence-corrected chi connectivity index (χ1v) is 6.29. The third-order valence-electron chi connectivity index (χ3n) is 2.77. The summed E-state index contributed by atoms with van der Waals surface area (Å²) in [5.41, 5.74) is 5.70. The van der Waals surface area contributed by atoms with Crippen molar-refractivity contribution in [2.75, 3.05) is 6.61 Å². The van der Waals surface area contributed by atoms with Crippen LogP contribution in [0.25, 0.3) is 0 Å². The molecule has 0 aromatic carbocycles. The van der Waals surface area contributed by atoms with Gasteiger partial charge in [0.2, 0.25) is 0 Å². The Morgan fingerprint density at radius 1 is 1.05 bits per heavy atom. The van der Waals surface area contributed by atoms with E-state index in [1.807, 2.05) is 0 Å². The number of esters is 3. The summed E-state index contributed by atoms with van der Waals surface area (Å²) in [6.07, 6.45) is -4.67. The molecule has 1 unspecified atom stereocenters. The molecule has 0 saturated carbocycles. The van der Waals surface area contributed by atoms with Crippen molar-refractivity contribution >= 4 is 17.9 Å². The minimum atomic E-state index is -1.46. The molecule has 9 heteroatoms. The molecule has 1 rings (SSSR count). The molecule has 3 N–H and O–H groups in total. The molecule has 0 amide bonds. The number of ether oxygens (including phenoxy) is 4. The number of nitrogens with two attached hydrogens (primary N) is 1. The summed E-state index contributed by atoms with van der Waals surface area (Å²) in [6.45, 7) is 3.22. The standard InChI is InChI=1S/C12H19NO8/c1-5(14)18-4-8-10(19-6(2)15)11(20-7(3)16)9(13)12(17)21-8/h8-12,17H,4,13H2,1-3H3/t8-,9-,10+,11-,12?/m1/s1. The van der Waals surface area contributed by atoms with Crippen molar-refractivity contribution in [1.82, 2.24) is 0 Å². The second-order valence-electron chi connectivity index (χ2n) is 4.59. The minimum Gasteiger partial charge on any atom is -0.463 e. The van der Waals surface area contributed by atoms with Gasteiger partial charge in [0.1, 0.15) is 12.7 Å². The van der Waals surface area contributed by atoms with E-state index in [-0.39, 0.29) is 6.61 Å². The van der Waals surface area contributed by atoms with Crippen LogP contribution in [0.1, 0.15) is 20.8 Å². The topological polar surface area (TPSA) is 134 Å². The third-order valence-corrected chi connectivity index (χ3v) is 2.77. The summed E-state index contributed by atoms with van der Waals surface area (Å²) in [5.74, 6) is -1.89. The van der Waals surface area contributed by atoms with Crippen LogP contribution < -0.4 is 5.73 Å². The van der Waals surface area contributed by atoms with Crippen molar-refractivity contribution in [3.05, 3.63) is 0 Å². The van der Waals surface area contributed by atoms with Gasteiger partial charge in [-0.2, -0.15) is 0 Å². The van der Waals surface area contributed by atoms with Crippen molar-refractivity contribution < 1.29 is 38.4 Å². The van der Waals surface area contributed by atoms with E-state index in [1.54, 1.807) is 0 Å². The molecule has 0 spiro atoms. The van der Waals surface area contributed by atoms with Crippen molar-refractivity contribution in [3.8, 4) is 0 Å². The van der Waals surface area contributed by atoms with Crippen LogP contribution in [0.4, 0.5) is 0 Å². The number of hydrogen-bond donors (Lipinski definition) is 2. The molecule has 1 aliphatic rings. The second kappa shape index (κ2) is 7.34. The summed E-state index contributed by atoms with van der Waals surface area (Å²) in [6, 6.07) is -1.10. The Morgan fingerprint density at radius 3 is 2.05 bits per heavy atom. The lowest BCUT2D eigenvalue weighted by Gasteiger charge is -2.41. The van der Waals surface area contributed by atoms with E-state index in [2.05, 4.69) is 0 Å². The van der Waals surface area contributed by atoms with E-state index in [9.17, 15) is 19.5 Å². The van der Waals surface area contributed by atoms with Crippen LogP contribution in [0.3, 0.4) is 0 Å². The van der Waals surface area contributed by atoms with Gasteiger partial charge in [-0.25, -0.2) is 0 Å². The van der Waals surface area contributed by atoms with Gasteiger partial charge in [0.05, 0.1) is 6.04 Å². The van der Waals surface area contributed by atoms with Gasteiger partial charge in [-0.3, -0.25) is 14.4 Å². The number of carbonyl (C=O) groups excluding carboxylic acids is 3. The van der Waals surface area contributed by atoms with E-state index in [4.69, 9.17) is 24.7 Å². The SMILES string of the molecule is CC(=O)OC[C@H]1OC(O)[C@H](N)[C@@H](OC(C)=O)[C@H]1OC(C)=O. The maximum absolute atomic E-state index is 11.2. The molecule has 1 fully saturated rings. The number of aliphatic hydroxyl groups excluding tert-OH is 1. The highest BCUT2D eigenvalue weighted by atomic mass is 16.7. The number of aliphatic hydroxyl groups is 1. The average Bonchev–Trinajstić information content (AvgIpc) is 2.35. The van der Waals surface area contributed by atoms with E-state index in [0.717, 1.165) is 13.8 Å². The summed E-state index contributed by atoms with van der Waals surface area (Å²) in [5, 5.41) is 9.73. The van der Waals surface area contributed by atoms with Crippen LogP contribution in [-0.2, 0) is 33.3 Å². The first kappa shape index (κ1) is 17.3. The Balaban J connectivity index is 2.94. The highest BCUT2D eigenvalue weighted by molar-refractivity contribution is 5.67. The van der Waals surface area contributed by atoms with Gasteiger partial charge in [0.25, 0.3) is 0 Å². The Bertz CT molecular complexity index is 412. The van der Waals surface area contributed by atoms with Gasteiger partial charge in [-0.1, -0.05) is 0 Å². The number of rotatable bonds is 4. The molecule has 0 aromatic heterocycles. The summed E-state index contributed by atoms with van der Waals surface area (Å²) in [4.78, 5) is 33.2. The third kappa shape index (κ3) is 4.96. The van der Waals surface area contributed by atoms with Crippen LogP contribution in [0, 0.1) is 0 Å². The fraction of sp³-hybridized carbons (Fsp3) is 0.750. The van der Waals surface area contributed by atoms with Gasteiger partial charge < -0.3 is 29.8 Å². The van der Waals surface area contributed by atoms with Gasteiger partial charge >= 0.3 is 17.9 Å². The van der Waals surface area contributed by atoms with E-state index < -0.39 is 48.6 Å². The first-order chi connectivity index (χ1) is 9.72. The molecule has 1 aliphatic heterocycles. The molecule has 21 heavy (non-hydrogen) atoms. The molecule has 9 nitrogen and oxygen atoms in total. The van der Waals surface area contributed by atoms with Crippen molar-refractivity contribution in [1.29, 1.82) is 0 Å². The quantitative estimate of drug-likeness (QED) is 0.468. The second-order valence-corrected chi connectivity index (χ2v) is 4.59. The molecule has 0 radical (unpaired) electrons. The average molecular weight is 305 g/mol. The Morgan fingerprint density at radius 2 is 1.57 bits per heavy atom. The van der Waals surface area contributed by atoms with Gasteiger partial charge in [-0.15, -0.1) is 0 Å². The molecule has 1 saturated heterocycles. The van der Waals surface area contributed by atoms with Crippen LogP contribution in [0.2, 0.25) is 0 Å². The first-order valence-electron chi connectivity index (χ1n) is 6.29. The van der Waals surface area contributed by atoms with E-state index in [1.165, 1.54) is 6.92 Å². The Labute approximate surface area is 121 Å². The zero-order valence-electron chi connectivity index (χ0n) is 12.0. The predicted molar refractivity (Wildman–Crippen MR) is 66.6 cm³/mol. The molecular weight excluding hydrogens is 286 g/mol. The normalized spacial score (nSPS) is 32.1. The molecule has 0 aromatic rings. The number of carbonyl (C=O) groups is 3. The van der Waals surface area contributed by atoms with Crippen LogP contribution >= 0.6 is 0 Å². The van der Waals surface area contributed by atoms with Crippen molar-refractivity contribution in [2.24, 2.45) is 5.73 Å². The lowest BCUT2D eigenvalue weighted by molar-refractivity contribution is -0.260. The maximum Gasteiger partial charge on any atom is 0.303 e. The van der Waals surface area contributed by atoms with Crippen molar-refractivity contribution in [2.45, 2.75) is 51.4 Å². The molecule has 0 bridgehead atoms. The summed E-state index contributed by atoms with van der Waals surface area (Å²) >= 11 is 0. The Hall–Kier alpha value is -1.71. The number of hydrogen-bond acceptors (Lipinski definition) is 9. The molecule has 1 heterocycles. The largest absolute Gasteiger partial charge is 0.463 e. The van der Waals surface area contributed by atoms with E-state index >= 15 is 0 Å². The molecule has 120 valence electrons.